The van der Waals surface area contributed by atoms with Crippen LogP contribution in [0.3, 0.4) is 0 Å². The molecular weight excluding hydrogens is 384 g/mol. The number of hydrogen-bond donors (Lipinski definition) is 0. The highest BCUT2D eigenvalue weighted by Gasteiger charge is 2.51. The Bertz CT molecular complexity index is 930. The number of carbonyl (C=O) groups excluding carboxylic acids is 1. The molecule has 3 nitrogen and oxygen atoms in total. The van der Waals surface area contributed by atoms with Gasteiger partial charge in [0, 0.05) is 10.6 Å². The van der Waals surface area contributed by atoms with E-state index >= 15 is 0 Å². The minimum atomic E-state index is -0.820. The number of aryl methyl sites for hydroxylation is 1. The molecule has 2 unspecified atom stereocenters. The van der Waals surface area contributed by atoms with Gasteiger partial charge in [0.2, 0.25) is 0 Å². The lowest BCUT2D eigenvalue weighted by Gasteiger charge is -2.49. The zero-order valence-electron chi connectivity index (χ0n) is 18.4. The summed E-state index contributed by atoms with van der Waals surface area (Å²) in [6.07, 6.45) is 0.867. The van der Waals surface area contributed by atoms with E-state index in [1.54, 1.807) is 7.11 Å². The van der Waals surface area contributed by atoms with Gasteiger partial charge in [-0.2, -0.15) is 0 Å². The lowest BCUT2D eigenvalue weighted by atomic mass is 9.68. The molecule has 1 saturated heterocycles. The van der Waals surface area contributed by atoms with E-state index < -0.39 is 11.2 Å². The highest BCUT2D eigenvalue weighted by Crippen LogP contribution is 2.47. The second-order valence-corrected chi connectivity index (χ2v) is 9.39. The minimum Gasteiger partial charge on any atom is -0.496 e. The van der Waals surface area contributed by atoms with Gasteiger partial charge in [-0.15, -0.1) is 0 Å². The predicted octanol–water partition coefficient (Wildman–Crippen LogP) is 6.45. The van der Waals surface area contributed by atoms with Crippen LogP contribution in [0.5, 0.6) is 5.75 Å². The van der Waals surface area contributed by atoms with Crippen molar-refractivity contribution in [1.29, 1.82) is 0 Å². The van der Waals surface area contributed by atoms with E-state index in [-0.39, 0.29) is 17.6 Å². The number of ketones is 1. The van der Waals surface area contributed by atoms with Crippen molar-refractivity contribution in [3.63, 3.8) is 0 Å². The molecule has 0 bridgehead atoms. The molecular formula is C25H31ClO3. The summed E-state index contributed by atoms with van der Waals surface area (Å²) in [6, 6.07) is 12.0. The third-order valence-electron chi connectivity index (χ3n) is 6.33. The number of rotatable bonds is 4. The molecule has 2 aromatic carbocycles. The van der Waals surface area contributed by atoms with Crippen LogP contribution in [0.25, 0.3) is 11.1 Å². The molecule has 0 radical (unpaired) electrons. The average Bonchev–Trinajstić information content (AvgIpc) is 2.66. The van der Waals surface area contributed by atoms with Crippen molar-refractivity contribution in [3.05, 3.63) is 52.5 Å². The van der Waals surface area contributed by atoms with Gasteiger partial charge in [0.1, 0.15) is 11.4 Å². The first-order valence-corrected chi connectivity index (χ1v) is 10.6. The molecule has 156 valence electrons. The molecule has 3 rings (SSSR count). The quantitative estimate of drug-likeness (QED) is 0.576. The Balaban J connectivity index is 2.19. The van der Waals surface area contributed by atoms with Gasteiger partial charge in [-0.1, -0.05) is 43.6 Å². The van der Waals surface area contributed by atoms with Crippen LogP contribution in [-0.4, -0.2) is 24.1 Å². The highest BCUT2D eigenvalue weighted by molar-refractivity contribution is 6.30. The fourth-order valence-corrected chi connectivity index (χ4v) is 4.65. The molecule has 0 spiro atoms. The van der Waals surface area contributed by atoms with Crippen molar-refractivity contribution < 1.29 is 14.3 Å². The Kier molecular flexibility index (Phi) is 5.86. The van der Waals surface area contributed by atoms with E-state index in [0.717, 1.165) is 28.9 Å². The number of benzene rings is 2. The number of carbonyl (C=O) groups is 1. The summed E-state index contributed by atoms with van der Waals surface area (Å²) in [7, 11) is 1.64. The van der Waals surface area contributed by atoms with Crippen LogP contribution in [0, 0.1) is 5.92 Å². The summed E-state index contributed by atoms with van der Waals surface area (Å²) in [6.45, 7) is 12.2. The number of ether oxygens (including phenoxy) is 2. The van der Waals surface area contributed by atoms with Gasteiger partial charge >= 0.3 is 0 Å². The molecule has 0 amide bonds. The van der Waals surface area contributed by atoms with Gasteiger partial charge in [0.25, 0.3) is 0 Å². The van der Waals surface area contributed by atoms with Crippen molar-refractivity contribution >= 4 is 17.4 Å². The number of Topliss-reactive ketones (excluding diaryl/α,β-unsaturated/α-hetero) is 1. The SMILES string of the molecule is CCc1ccc(-c2ccc(Cl)cc2OC)cc1C1C(=O)C(C)(C)OC(C)(C)C1C. The summed E-state index contributed by atoms with van der Waals surface area (Å²) < 4.78 is 11.8. The molecule has 4 heteroatoms. The molecule has 0 saturated carbocycles. The van der Waals surface area contributed by atoms with Crippen molar-refractivity contribution in [2.45, 2.75) is 65.1 Å². The number of halogens is 1. The summed E-state index contributed by atoms with van der Waals surface area (Å²) in [5, 5.41) is 0.632. The maximum Gasteiger partial charge on any atom is 0.171 e. The first kappa shape index (κ1) is 21.9. The Labute approximate surface area is 179 Å². The molecule has 1 aliphatic heterocycles. The fraction of sp³-hybridized carbons (Fsp3) is 0.480. The van der Waals surface area contributed by atoms with Gasteiger partial charge in [-0.05, 0) is 74.9 Å². The van der Waals surface area contributed by atoms with Gasteiger partial charge in [-0.3, -0.25) is 4.79 Å². The Morgan fingerprint density at radius 2 is 1.79 bits per heavy atom. The van der Waals surface area contributed by atoms with Crippen LogP contribution in [-0.2, 0) is 16.0 Å². The van der Waals surface area contributed by atoms with Gasteiger partial charge < -0.3 is 9.47 Å². The Morgan fingerprint density at radius 3 is 2.41 bits per heavy atom. The van der Waals surface area contributed by atoms with E-state index in [4.69, 9.17) is 21.1 Å². The highest BCUT2D eigenvalue weighted by atomic mass is 35.5. The predicted molar refractivity (Wildman–Crippen MR) is 119 cm³/mol. The molecule has 0 N–H and O–H groups in total. The zero-order chi connectivity index (χ0) is 21.6. The second-order valence-electron chi connectivity index (χ2n) is 8.96. The molecule has 29 heavy (non-hydrogen) atoms. The maximum absolute atomic E-state index is 13.5. The molecule has 0 aliphatic carbocycles. The monoisotopic (exact) mass is 414 g/mol. The molecule has 1 fully saturated rings. The van der Waals surface area contributed by atoms with E-state index in [1.807, 2.05) is 32.0 Å². The average molecular weight is 415 g/mol. The zero-order valence-corrected chi connectivity index (χ0v) is 19.2. The Hall–Kier alpha value is -1.84. The lowest BCUT2D eigenvalue weighted by molar-refractivity contribution is -0.193. The standard InChI is InChI=1S/C25H31ClO3/c1-8-16-9-10-17(19-12-11-18(26)14-21(19)28-7)13-20(16)22-15(2)24(3,4)29-25(5,6)23(22)27/h9-15,22H,8H2,1-7H3. The number of hydrogen-bond acceptors (Lipinski definition) is 3. The summed E-state index contributed by atoms with van der Waals surface area (Å²) in [4.78, 5) is 13.5. The largest absolute Gasteiger partial charge is 0.496 e. The third-order valence-corrected chi connectivity index (χ3v) is 6.56. The first-order chi connectivity index (χ1) is 13.5. The van der Waals surface area contributed by atoms with Gasteiger partial charge in [0.15, 0.2) is 5.78 Å². The van der Waals surface area contributed by atoms with E-state index in [9.17, 15) is 4.79 Å². The van der Waals surface area contributed by atoms with Gasteiger partial charge in [0.05, 0.1) is 18.6 Å². The fourth-order valence-electron chi connectivity index (χ4n) is 4.49. The summed E-state index contributed by atoms with van der Waals surface area (Å²) >= 11 is 6.15. The molecule has 2 atom stereocenters. The van der Waals surface area contributed by atoms with E-state index in [1.165, 1.54) is 5.56 Å². The van der Waals surface area contributed by atoms with Crippen LogP contribution in [0.2, 0.25) is 5.02 Å². The van der Waals surface area contributed by atoms with Crippen molar-refractivity contribution in [2.24, 2.45) is 5.92 Å². The van der Waals surface area contributed by atoms with Crippen LogP contribution >= 0.6 is 11.6 Å². The van der Waals surface area contributed by atoms with Crippen molar-refractivity contribution in [3.8, 4) is 16.9 Å². The summed E-state index contributed by atoms with van der Waals surface area (Å²) in [5.41, 5.74) is 3.05. The second kappa shape index (κ2) is 7.77. The summed E-state index contributed by atoms with van der Waals surface area (Å²) in [5.74, 6) is 0.691. The van der Waals surface area contributed by atoms with E-state index in [2.05, 4.69) is 45.9 Å². The number of methoxy groups -OCH3 is 1. The van der Waals surface area contributed by atoms with Crippen LogP contribution < -0.4 is 4.74 Å². The van der Waals surface area contributed by atoms with Crippen molar-refractivity contribution in [1.82, 2.24) is 0 Å². The van der Waals surface area contributed by atoms with Crippen LogP contribution in [0.15, 0.2) is 36.4 Å². The molecule has 2 aromatic rings. The molecule has 0 aromatic heterocycles. The lowest BCUT2D eigenvalue weighted by Crippen LogP contribution is -2.56. The minimum absolute atomic E-state index is 0.0516. The maximum atomic E-state index is 13.5. The molecule has 1 aliphatic rings. The van der Waals surface area contributed by atoms with Gasteiger partial charge in [-0.25, -0.2) is 0 Å². The first-order valence-electron chi connectivity index (χ1n) is 10.2. The third kappa shape index (κ3) is 3.95. The van der Waals surface area contributed by atoms with Crippen LogP contribution in [0.1, 0.15) is 58.6 Å². The Morgan fingerprint density at radius 1 is 1.10 bits per heavy atom. The van der Waals surface area contributed by atoms with Crippen molar-refractivity contribution in [2.75, 3.05) is 7.11 Å². The smallest absolute Gasteiger partial charge is 0.171 e. The van der Waals surface area contributed by atoms with E-state index in [0.29, 0.717) is 5.02 Å². The normalized spacial score (nSPS) is 23.1. The topological polar surface area (TPSA) is 35.5 Å². The molecule has 1 heterocycles. The van der Waals surface area contributed by atoms with Crippen LogP contribution in [0.4, 0.5) is 0 Å².